The van der Waals surface area contributed by atoms with Crippen LogP contribution in [0.15, 0.2) is 18.2 Å². The van der Waals surface area contributed by atoms with Gasteiger partial charge in [-0.15, -0.1) is 0 Å². The number of Topliss-reactive ketones (excluding diaryl/α,β-unsaturated/α-hetero) is 1. The maximum atomic E-state index is 12.6. The highest BCUT2D eigenvalue weighted by Gasteiger charge is 2.54. The van der Waals surface area contributed by atoms with Crippen molar-refractivity contribution in [3.05, 3.63) is 33.8 Å². The molecule has 2 rings (SSSR count). The summed E-state index contributed by atoms with van der Waals surface area (Å²) in [5.41, 5.74) is -2.22. The Hall–Kier alpha value is -2.63. The summed E-state index contributed by atoms with van der Waals surface area (Å²) in [6, 6.07) is 4.31. The zero-order valence-electron chi connectivity index (χ0n) is 18.5. The van der Waals surface area contributed by atoms with Crippen molar-refractivity contribution in [2.45, 2.75) is 50.9 Å². The minimum Gasteiger partial charge on any atom is -0.509 e. The van der Waals surface area contributed by atoms with Crippen molar-refractivity contribution in [3.8, 4) is 0 Å². The number of rotatable bonds is 11. The molecule has 1 unspecified atom stereocenters. The molecule has 0 spiro atoms. The standard InChI is InChI=1S/C21H24BCl2NO9/c1-11(2)5-12(22-33-18(29)9-21(34-22,20(31)32)8-17(27)28)6-14(26)10-25-19(30)15-7-13(23)3-4-16(15)24/h3-4,7,11-12H,5-6,8-10H2,1-2H3,(H,25,30)(H,27,28)(H,31,32)/t12-,21?/m1/s1. The van der Waals surface area contributed by atoms with Crippen molar-refractivity contribution < 1.29 is 43.5 Å². The summed E-state index contributed by atoms with van der Waals surface area (Å²) in [5.74, 6) is -5.84. The quantitative estimate of drug-likeness (QED) is 0.377. The van der Waals surface area contributed by atoms with Gasteiger partial charge in [0.25, 0.3) is 11.9 Å². The smallest absolute Gasteiger partial charge is 0.509 e. The third-order valence-corrected chi connectivity index (χ3v) is 5.68. The van der Waals surface area contributed by atoms with Gasteiger partial charge in [-0.1, -0.05) is 37.0 Å². The molecule has 0 radical (unpaired) electrons. The van der Waals surface area contributed by atoms with Gasteiger partial charge in [-0.2, -0.15) is 0 Å². The third kappa shape index (κ3) is 7.44. The molecule has 0 aromatic heterocycles. The van der Waals surface area contributed by atoms with Crippen LogP contribution in [0.5, 0.6) is 0 Å². The molecule has 1 fully saturated rings. The van der Waals surface area contributed by atoms with Gasteiger partial charge in [0, 0.05) is 17.3 Å². The molecule has 1 aromatic carbocycles. The number of benzene rings is 1. The summed E-state index contributed by atoms with van der Waals surface area (Å²) < 4.78 is 10.7. The van der Waals surface area contributed by atoms with Gasteiger partial charge in [0.15, 0.2) is 11.4 Å². The zero-order valence-corrected chi connectivity index (χ0v) is 20.0. The first kappa shape index (κ1) is 27.6. The maximum absolute atomic E-state index is 12.6. The van der Waals surface area contributed by atoms with E-state index in [0.717, 1.165) is 0 Å². The Morgan fingerprint density at radius 1 is 1.21 bits per heavy atom. The molecule has 10 nitrogen and oxygen atoms in total. The highest BCUT2D eigenvalue weighted by atomic mass is 35.5. The Balaban J connectivity index is 2.13. The first-order chi connectivity index (χ1) is 15.8. The fourth-order valence-electron chi connectivity index (χ4n) is 3.64. The van der Waals surface area contributed by atoms with E-state index in [0.29, 0.717) is 6.42 Å². The van der Waals surface area contributed by atoms with E-state index in [-0.39, 0.29) is 34.5 Å². The molecule has 1 saturated heterocycles. The lowest BCUT2D eigenvalue weighted by Gasteiger charge is -2.37. The molecule has 0 saturated carbocycles. The number of amides is 1. The first-order valence-electron chi connectivity index (χ1n) is 10.4. The van der Waals surface area contributed by atoms with Gasteiger partial charge < -0.3 is 24.8 Å². The summed E-state index contributed by atoms with van der Waals surface area (Å²) in [6.45, 7) is 3.30. The molecule has 3 N–H and O–H groups in total. The minimum absolute atomic E-state index is 0.000545. The first-order valence-corrected chi connectivity index (χ1v) is 11.2. The van der Waals surface area contributed by atoms with Crippen LogP contribution >= 0.6 is 23.2 Å². The molecule has 2 atom stereocenters. The molecule has 0 aliphatic carbocycles. The molecule has 184 valence electrons. The second-order valence-corrected chi connectivity index (χ2v) is 9.31. The largest absolute Gasteiger partial charge is 0.531 e. The molecule has 13 heteroatoms. The van der Waals surface area contributed by atoms with E-state index in [4.69, 9.17) is 37.6 Å². The van der Waals surface area contributed by atoms with Crippen molar-refractivity contribution in [2.75, 3.05) is 6.54 Å². The number of carbonyl (C=O) groups excluding carboxylic acids is 3. The van der Waals surface area contributed by atoms with Gasteiger partial charge in [-0.05, 0) is 30.5 Å². The lowest BCUT2D eigenvalue weighted by atomic mass is 9.63. The summed E-state index contributed by atoms with van der Waals surface area (Å²) in [6.07, 6.45) is -1.64. The van der Waals surface area contributed by atoms with Gasteiger partial charge >= 0.3 is 19.1 Å². The fourth-order valence-corrected chi connectivity index (χ4v) is 4.02. The summed E-state index contributed by atoms with van der Waals surface area (Å²) in [4.78, 5) is 60.2. The average Bonchev–Trinajstić information content (AvgIpc) is 2.71. The van der Waals surface area contributed by atoms with Crippen LogP contribution < -0.4 is 5.32 Å². The number of aliphatic carboxylic acids is 2. The maximum Gasteiger partial charge on any atom is 0.531 e. The number of hydrogen-bond acceptors (Lipinski definition) is 7. The number of carboxylic acid groups (broad SMARTS) is 2. The monoisotopic (exact) mass is 515 g/mol. The van der Waals surface area contributed by atoms with Crippen molar-refractivity contribution in [3.63, 3.8) is 0 Å². The predicted molar refractivity (Wildman–Crippen MR) is 122 cm³/mol. The van der Waals surface area contributed by atoms with E-state index in [2.05, 4.69) is 5.32 Å². The Morgan fingerprint density at radius 3 is 2.47 bits per heavy atom. The molecule has 1 aliphatic rings. The van der Waals surface area contributed by atoms with E-state index in [9.17, 15) is 29.1 Å². The van der Waals surface area contributed by atoms with Gasteiger partial charge in [-0.3, -0.25) is 19.2 Å². The molecule has 1 heterocycles. The number of hydrogen-bond donors (Lipinski definition) is 3. The summed E-state index contributed by atoms with van der Waals surface area (Å²) in [5, 5.41) is 21.6. The number of carbonyl (C=O) groups is 5. The van der Waals surface area contributed by atoms with E-state index in [1.165, 1.54) is 18.2 Å². The van der Waals surface area contributed by atoms with Crippen molar-refractivity contribution in [1.82, 2.24) is 5.32 Å². The molecule has 0 bridgehead atoms. The van der Waals surface area contributed by atoms with Crippen LogP contribution in [0.4, 0.5) is 0 Å². The number of halogens is 2. The van der Waals surface area contributed by atoms with E-state index in [1.807, 2.05) is 13.8 Å². The second-order valence-electron chi connectivity index (χ2n) is 8.46. The van der Waals surface area contributed by atoms with Gasteiger partial charge in [0.05, 0.1) is 30.0 Å². The molecule has 1 aromatic rings. The van der Waals surface area contributed by atoms with Crippen LogP contribution in [0.25, 0.3) is 0 Å². The van der Waals surface area contributed by atoms with Crippen LogP contribution in [-0.4, -0.2) is 59.1 Å². The highest BCUT2D eigenvalue weighted by Crippen LogP contribution is 2.36. The van der Waals surface area contributed by atoms with Crippen molar-refractivity contribution in [1.29, 1.82) is 0 Å². The van der Waals surface area contributed by atoms with Crippen LogP contribution in [-0.2, 0) is 28.5 Å². The zero-order chi connectivity index (χ0) is 25.6. The minimum atomic E-state index is -2.30. The highest BCUT2D eigenvalue weighted by molar-refractivity contribution is 6.50. The van der Waals surface area contributed by atoms with Gasteiger partial charge in [0.2, 0.25) is 0 Å². The number of carboxylic acids is 2. The Morgan fingerprint density at radius 2 is 1.88 bits per heavy atom. The normalized spacial score (nSPS) is 18.9. The SMILES string of the molecule is CC(C)C[C@H](CC(=O)CNC(=O)c1cc(Cl)ccc1Cl)B1OC(=O)CC(CC(=O)O)(C(=O)O)O1. The van der Waals surface area contributed by atoms with Crippen LogP contribution in [0.1, 0.15) is 49.9 Å². The Kier molecular flexibility index (Phi) is 9.49. The molecule has 1 aliphatic heterocycles. The van der Waals surface area contributed by atoms with Gasteiger partial charge in [0.1, 0.15) is 0 Å². The summed E-state index contributed by atoms with van der Waals surface area (Å²) in [7, 11) is -1.44. The van der Waals surface area contributed by atoms with E-state index >= 15 is 0 Å². The number of ketones is 1. The van der Waals surface area contributed by atoms with Crippen molar-refractivity contribution in [2.24, 2.45) is 5.92 Å². The molecule has 1 amide bonds. The van der Waals surface area contributed by atoms with Gasteiger partial charge in [-0.25, -0.2) is 4.79 Å². The molecular weight excluding hydrogens is 492 g/mol. The number of nitrogens with one attached hydrogen (secondary N) is 1. The lowest BCUT2D eigenvalue weighted by Crippen LogP contribution is -2.56. The summed E-state index contributed by atoms with van der Waals surface area (Å²) >= 11 is 11.9. The van der Waals surface area contributed by atoms with Crippen LogP contribution in [0.2, 0.25) is 15.9 Å². The molecular formula is C21H24BCl2NO9. The Bertz CT molecular complexity index is 983. The third-order valence-electron chi connectivity index (χ3n) is 5.11. The molecule has 34 heavy (non-hydrogen) atoms. The van der Waals surface area contributed by atoms with Crippen molar-refractivity contribution >= 4 is 59.9 Å². The lowest BCUT2D eigenvalue weighted by molar-refractivity contribution is -0.175. The van der Waals surface area contributed by atoms with Crippen LogP contribution in [0.3, 0.4) is 0 Å². The van der Waals surface area contributed by atoms with Crippen LogP contribution in [0, 0.1) is 5.92 Å². The van der Waals surface area contributed by atoms with E-state index in [1.54, 1.807) is 0 Å². The predicted octanol–water partition coefficient (Wildman–Crippen LogP) is 2.85. The average molecular weight is 516 g/mol. The fraction of sp³-hybridized carbons (Fsp3) is 0.476. The van der Waals surface area contributed by atoms with E-state index < -0.39 is 61.0 Å². The Labute approximate surface area is 206 Å². The second kappa shape index (κ2) is 11.7. The topological polar surface area (TPSA) is 156 Å².